The highest BCUT2D eigenvalue weighted by Gasteiger charge is 2.40. The zero-order valence-electron chi connectivity index (χ0n) is 23.1. The van der Waals surface area contributed by atoms with E-state index in [2.05, 4.69) is 16.6 Å². The first-order chi connectivity index (χ1) is 17.2. The van der Waals surface area contributed by atoms with Crippen LogP contribution in [0.5, 0.6) is 0 Å². The van der Waals surface area contributed by atoms with Crippen molar-refractivity contribution in [2.24, 2.45) is 5.73 Å². The Labute approximate surface area is 220 Å². The first-order valence-corrected chi connectivity index (χ1v) is 12.7. The SMILES string of the molecule is C#Cc1ccccc1C(C(=O)NC(C)CCC)N(C(=O)C(CC(N)=O)NC(=O)OC(C)(C)C)C(C)CC. The molecule has 0 aliphatic rings. The van der Waals surface area contributed by atoms with Gasteiger partial charge in [-0.15, -0.1) is 6.42 Å². The third kappa shape index (κ3) is 9.79. The number of nitrogens with one attached hydrogen (secondary N) is 2. The van der Waals surface area contributed by atoms with Crippen LogP contribution in [-0.2, 0) is 19.1 Å². The fourth-order valence-corrected chi connectivity index (χ4v) is 3.94. The van der Waals surface area contributed by atoms with Crippen LogP contribution in [0.2, 0.25) is 0 Å². The van der Waals surface area contributed by atoms with Crippen LogP contribution < -0.4 is 16.4 Å². The summed E-state index contributed by atoms with van der Waals surface area (Å²) in [6.45, 7) is 12.6. The molecule has 9 nitrogen and oxygen atoms in total. The molecule has 4 N–H and O–H groups in total. The lowest BCUT2D eigenvalue weighted by Crippen LogP contribution is -2.56. The molecule has 1 aromatic carbocycles. The number of carbonyl (C=O) groups excluding carboxylic acids is 4. The third-order valence-corrected chi connectivity index (χ3v) is 5.76. The number of amides is 4. The molecule has 1 aromatic rings. The van der Waals surface area contributed by atoms with Gasteiger partial charge in [0.2, 0.25) is 17.7 Å². The summed E-state index contributed by atoms with van der Waals surface area (Å²) in [5.74, 6) is 0.752. The second-order valence-electron chi connectivity index (χ2n) is 10.2. The Bertz CT molecular complexity index is 995. The first-order valence-electron chi connectivity index (χ1n) is 12.7. The molecular weight excluding hydrogens is 472 g/mol. The van der Waals surface area contributed by atoms with E-state index in [4.69, 9.17) is 16.9 Å². The molecule has 0 bridgehead atoms. The van der Waals surface area contributed by atoms with E-state index in [1.165, 1.54) is 4.90 Å². The first kappa shape index (κ1) is 31.5. The molecule has 0 radical (unpaired) electrons. The topological polar surface area (TPSA) is 131 Å². The van der Waals surface area contributed by atoms with Crippen LogP contribution in [0, 0.1) is 12.3 Å². The second-order valence-corrected chi connectivity index (χ2v) is 10.2. The van der Waals surface area contributed by atoms with Gasteiger partial charge in [-0.1, -0.05) is 44.4 Å². The number of terminal acetylenes is 1. The van der Waals surface area contributed by atoms with Crippen molar-refractivity contribution in [3.8, 4) is 12.3 Å². The molecule has 204 valence electrons. The van der Waals surface area contributed by atoms with Crippen molar-refractivity contribution in [3.63, 3.8) is 0 Å². The Kier molecular flexibility index (Phi) is 12.1. The Morgan fingerprint density at radius 1 is 1.11 bits per heavy atom. The van der Waals surface area contributed by atoms with Gasteiger partial charge in [-0.25, -0.2) is 4.79 Å². The molecule has 1 rings (SSSR count). The zero-order chi connectivity index (χ0) is 28.3. The lowest BCUT2D eigenvalue weighted by Gasteiger charge is -2.38. The normalized spacial score (nSPS) is 14.3. The summed E-state index contributed by atoms with van der Waals surface area (Å²) in [6.07, 6.45) is 6.51. The predicted octanol–water partition coefficient (Wildman–Crippen LogP) is 3.41. The minimum atomic E-state index is -1.34. The number of rotatable bonds is 12. The van der Waals surface area contributed by atoms with E-state index in [1.54, 1.807) is 52.0 Å². The molecule has 0 spiro atoms. The summed E-state index contributed by atoms with van der Waals surface area (Å²) < 4.78 is 5.30. The largest absolute Gasteiger partial charge is 0.444 e. The van der Waals surface area contributed by atoms with Gasteiger partial charge in [0, 0.05) is 17.6 Å². The van der Waals surface area contributed by atoms with Gasteiger partial charge in [-0.2, -0.15) is 0 Å². The van der Waals surface area contributed by atoms with Crippen molar-refractivity contribution in [2.45, 2.75) is 104 Å². The van der Waals surface area contributed by atoms with Gasteiger partial charge in [-0.3, -0.25) is 14.4 Å². The molecule has 4 atom stereocenters. The monoisotopic (exact) mass is 514 g/mol. The molecule has 4 amide bonds. The number of alkyl carbamates (subject to hydrolysis) is 1. The van der Waals surface area contributed by atoms with E-state index < -0.39 is 54.0 Å². The van der Waals surface area contributed by atoms with Crippen molar-refractivity contribution in [1.29, 1.82) is 0 Å². The number of ether oxygens (including phenoxy) is 1. The van der Waals surface area contributed by atoms with Crippen LogP contribution in [0.3, 0.4) is 0 Å². The van der Waals surface area contributed by atoms with E-state index in [0.29, 0.717) is 17.5 Å². The summed E-state index contributed by atoms with van der Waals surface area (Å²) in [5.41, 5.74) is 5.52. The Balaban J connectivity index is 3.64. The van der Waals surface area contributed by atoms with Crippen LogP contribution in [-0.4, -0.2) is 52.4 Å². The third-order valence-electron chi connectivity index (χ3n) is 5.76. The highest BCUT2D eigenvalue weighted by atomic mass is 16.6. The molecule has 0 saturated carbocycles. The maximum atomic E-state index is 14.0. The Hall–Kier alpha value is -3.54. The Morgan fingerprint density at radius 2 is 1.73 bits per heavy atom. The average Bonchev–Trinajstić information content (AvgIpc) is 2.79. The van der Waals surface area contributed by atoms with Gasteiger partial charge < -0.3 is 26.0 Å². The van der Waals surface area contributed by atoms with Crippen molar-refractivity contribution < 1.29 is 23.9 Å². The lowest BCUT2D eigenvalue weighted by molar-refractivity contribution is -0.146. The van der Waals surface area contributed by atoms with Gasteiger partial charge in [0.15, 0.2) is 0 Å². The number of carbonyl (C=O) groups is 4. The van der Waals surface area contributed by atoms with Crippen LogP contribution >= 0.6 is 0 Å². The maximum Gasteiger partial charge on any atom is 0.408 e. The molecule has 0 aliphatic carbocycles. The van der Waals surface area contributed by atoms with E-state index in [1.807, 2.05) is 20.8 Å². The standard InChI is InChI=1S/C28H42N4O5/c1-9-14-18(4)30-25(34)24(21-16-13-12-15-20(21)11-3)32(19(5)10-2)26(35)22(17-23(29)33)31-27(36)37-28(6,7)8/h3,12-13,15-16,18-19,22,24H,9-10,14,17H2,1-2,4-8H3,(H2,29,33)(H,30,34)(H,31,36). The van der Waals surface area contributed by atoms with Gasteiger partial charge in [0.05, 0.1) is 6.42 Å². The van der Waals surface area contributed by atoms with Crippen LogP contribution in [0.15, 0.2) is 24.3 Å². The van der Waals surface area contributed by atoms with E-state index >= 15 is 0 Å². The molecule has 0 fully saturated rings. The zero-order valence-corrected chi connectivity index (χ0v) is 23.1. The molecule has 0 aromatic heterocycles. The molecular formula is C28H42N4O5. The average molecular weight is 515 g/mol. The van der Waals surface area contributed by atoms with Crippen molar-refractivity contribution >= 4 is 23.8 Å². The summed E-state index contributed by atoms with van der Waals surface area (Å²) in [7, 11) is 0. The summed E-state index contributed by atoms with van der Waals surface area (Å²) in [4.78, 5) is 53.6. The molecule has 0 heterocycles. The lowest BCUT2D eigenvalue weighted by atomic mass is 9.95. The fraction of sp³-hybridized carbons (Fsp3) is 0.571. The number of benzene rings is 1. The molecule has 4 unspecified atom stereocenters. The van der Waals surface area contributed by atoms with E-state index in [-0.39, 0.29) is 6.04 Å². The van der Waals surface area contributed by atoms with Crippen LogP contribution in [0.25, 0.3) is 0 Å². The van der Waals surface area contributed by atoms with Crippen LogP contribution in [0.1, 0.15) is 91.3 Å². The quantitative estimate of drug-likeness (QED) is 0.368. The molecule has 0 aliphatic heterocycles. The fourth-order valence-electron chi connectivity index (χ4n) is 3.94. The number of nitrogens with two attached hydrogens (primary N) is 1. The molecule has 9 heteroatoms. The number of nitrogens with zero attached hydrogens (tertiary/aromatic N) is 1. The van der Waals surface area contributed by atoms with E-state index in [9.17, 15) is 19.2 Å². The summed E-state index contributed by atoms with van der Waals surface area (Å²) >= 11 is 0. The maximum absolute atomic E-state index is 14.0. The highest BCUT2D eigenvalue weighted by Crippen LogP contribution is 2.29. The minimum Gasteiger partial charge on any atom is -0.444 e. The number of hydrogen-bond donors (Lipinski definition) is 3. The van der Waals surface area contributed by atoms with Crippen molar-refractivity contribution in [1.82, 2.24) is 15.5 Å². The van der Waals surface area contributed by atoms with E-state index in [0.717, 1.165) is 12.8 Å². The number of hydrogen-bond acceptors (Lipinski definition) is 5. The smallest absolute Gasteiger partial charge is 0.408 e. The molecule has 0 saturated heterocycles. The second kappa shape index (κ2) is 14.3. The van der Waals surface area contributed by atoms with Crippen molar-refractivity contribution in [3.05, 3.63) is 35.4 Å². The van der Waals surface area contributed by atoms with Gasteiger partial charge in [0.25, 0.3) is 0 Å². The van der Waals surface area contributed by atoms with Gasteiger partial charge in [-0.05, 0) is 59.1 Å². The van der Waals surface area contributed by atoms with Gasteiger partial charge in [0.1, 0.15) is 17.7 Å². The summed E-state index contributed by atoms with van der Waals surface area (Å²) in [6, 6.07) is 3.85. The predicted molar refractivity (Wildman–Crippen MR) is 143 cm³/mol. The summed E-state index contributed by atoms with van der Waals surface area (Å²) in [5, 5.41) is 5.47. The van der Waals surface area contributed by atoms with Crippen molar-refractivity contribution in [2.75, 3.05) is 0 Å². The Morgan fingerprint density at radius 3 is 2.24 bits per heavy atom. The number of primary amides is 1. The van der Waals surface area contributed by atoms with Crippen LogP contribution in [0.4, 0.5) is 4.79 Å². The molecule has 37 heavy (non-hydrogen) atoms. The highest BCUT2D eigenvalue weighted by molar-refractivity contribution is 5.95. The minimum absolute atomic E-state index is 0.145. The van der Waals surface area contributed by atoms with Gasteiger partial charge >= 0.3 is 6.09 Å².